The van der Waals surface area contributed by atoms with E-state index < -0.39 is 6.10 Å². The highest BCUT2D eigenvalue weighted by Crippen LogP contribution is 2.24. The topological polar surface area (TPSA) is 67.4 Å². The zero-order valence-electron chi connectivity index (χ0n) is 15.9. The van der Waals surface area contributed by atoms with Gasteiger partial charge in [0.05, 0.1) is 16.3 Å². The summed E-state index contributed by atoms with van der Waals surface area (Å²) in [5.74, 6) is -0.233. The van der Waals surface area contributed by atoms with Gasteiger partial charge in [-0.25, -0.2) is 0 Å². The average Bonchev–Trinajstić information content (AvgIpc) is 2.74. The molecule has 0 aliphatic carbocycles. The Morgan fingerprint density at radius 1 is 0.931 bits per heavy atom. The highest BCUT2D eigenvalue weighted by Gasteiger charge is 2.19. The van der Waals surface area contributed by atoms with Gasteiger partial charge in [-0.1, -0.05) is 66.2 Å². The summed E-state index contributed by atoms with van der Waals surface area (Å²) in [6.45, 7) is 2.02. The van der Waals surface area contributed by atoms with Crippen LogP contribution in [0.4, 0.5) is 5.69 Å². The Morgan fingerprint density at radius 3 is 2.34 bits per heavy atom. The van der Waals surface area contributed by atoms with Gasteiger partial charge in [0.1, 0.15) is 5.75 Å². The van der Waals surface area contributed by atoms with Crippen LogP contribution in [-0.4, -0.2) is 17.9 Å². The van der Waals surface area contributed by atoms with Crippen LogP contribution in [0, 0.1) is 0 Å². The molecule has 148 valence electrons. The van der Waals surface area contributed by atoms with Crippen LogP contribution in [0.15, 0.2) is 78.9 Å². The maximum Gasteiger partial charge on any atom is 0.265 e. The van der Waals surface area contributed by atoms with Crippen LogP contribution in [0.5, 0.6) is 5.75 Å². The lowest BCUT2D eigenvalue weighted by Gasteiger charge is -2.17. The molecule has 2 amide bonds. The Labute approximate surface area is 174 Å². The molecule has 3 aromatic carbocycles. The van der Waals surface area contributed by atoms with Gasteiger partial charge in [0.2, 0.25) is 0 Å². The van der Waals surface area contributed by atoms with E-state index in [0.29, 0.717) is 28.6 Å². The lowest BCUT2D eigenvalue weighted by Crippen LogP contribution is -2.31. The first-order valence-corrected chi connectivity index (χ1v) is 9.55. The fourth-order valence-electron chi connectivity index (χ4n) is 2.68. The van der Waals surface area contributed by atoms with Crippen molar-refractivity contribution in [2.24, 2.45) is 0 Å². The summed E-state index contributed by atoms with van der Waals surface area (Å²) in [6, 6.07) is 23.4. The molecular formula is C23H21ClN2O3. The number of carbonyl (C=O) groups excluding carboxylic acids is 2. The van der Waals surface area contributed by atoms with Crippen LogP contribution in [0.3, 0.4) is 0 Å². The van der Waals surface area contributed by atoms with E-state index in [1.54, 1.807) is 55.5 Å². The first-order valence-electron chi connectivity index (χ1n) is 9.18. The third-order valence-electron chi connectivity index (χ3n) is 4.24. The van der Waals surface area contributed by atoms with E-state index in [4.69, 9.17) is 16.3 Å². The quantitative estimate of drug-likeness (QED) is 0.596. The molecule has 0 aromatic heterocycles. The lowest BCUT2D eigenvalue weighted by atomic mass is 10.1. The number of benzene rings is 3. The first kappa shape index (κ1) is 20.4. The summed E-state index contributed by atoms with van der Waals surface area (Å²) in [6.07, 6.45) is -0.796. The number of halogens is 1. The molecule has 1 atom stereocenters. The molecule has 0 unspecified atom stereocenters. The van der Waals surface area contributed by atoms with E-state index in [0.717, 1.165) is 5.56 Å². The number of amides is 2. The van der Waals surface area contributed by atoms with E-state index in [9.17, 15) is 9.59 Å². The zero-order valence-corrected chi connectivity index (χ0v) is 16.6. The SMILES string of the molecule is C[C@H](Oc1ccccc1Cl)C(=O)Nc1ccccc1C(=O)NCc1ccccc1. The van der Waals surface area contributed by atoms with Gasteiger partial charge in [0, 0.05) is 6.54 Å². The minimum absolute atomic E-state index is 0.274. The summed E-state index contributed by atoms with van der Waals surface area (Å²) in [5.41, 5.74) is 1.78. The van der Waals surface area contributed by atoms with Crippen molar-refractivity contribution in [1.29, 1.82) is 0 Å². The highest BCUT2D eigenvalue weighted by atomic mass is 35.5. The molecule has 0 aliphatic heterocycles. The fraction of sp³-hybridized carbons (Fsp3) is 0.130. The number of para-hydroxylation sites is 2. The maximum absolute atomic E-state index is 12.6. The Kier molecular flexibility index (Phi) is 6.87. The summed E-state index contributed by atoms with van der Waals surface area (Å²) in [5, 5.41) is 6.05. The zero-order chi connectivity index (χ0) is 20.6. The van der Waals surface area contributed by atoms with Gasteiger partial charge >= 0.3 is 0 Å². The van der Waals surface area contributed by atoms with Crippen LogP contribution in [-0.2, 0) is 11.3 Å². The van der Waals surface area contributed by atoms with Crippen molar-refractivity contribution in [2.75, 3.05) is 5.32 Å². The van der Waals surface area contributed by atoms with Crippen LogP contribution in [0.1, 0.15) is 22.8 Å². The number of nitrogens with one attached hydrogen (secondary N) is 2. The van der Waals surface area contributed by atoms with Crippen LogP contribution < -0.4 is 15.4 Å². The molecule has 6 heteroatoms. The molecule has 3 aromatic rings. The molecule has 29 heavy (non-hydrogen) atoms. The number of carbonyl (C=O) groups is 2. The van der Waals surface area contributed by atoms with Crippen LogP contribution in [0.25, 0.3) is 0 Å². The van der Waals surface area contributed by atoms with Crippen molar-refractivity contribution in [3.63, 3.8) is 0 Å². The highest BCUT2D eigenvalue weighted by molar-refractivity contribution is 6.32. The number of anilines is 1. The van der Waals surface area contributed by atoms with Gasteiger partial charge in [-0.3, -0.25) is 9.59 Å². The smallest absolute Gasteiger partial charge is 0.265 e. The molecule has 0 saturated heterocycles. The number of rotatable bonds is 7. The molecule has 0 bridgehead atoms. The van der Waals surface area contributed by atoms with E-state index in [1.807, 2.05) is 30.3 Å². The van der Waals surface area contributed by atoms with Crippen molar-refractivity contribution in [2.45, 2.75) is 19.6 Å². The summed E-state index contributed by atoms with van der Waals surface area (Å²) in [4.78, 5) is 25.2. The minimum atomic E-state index is -0.796. The van der Waals surface area contributed by atoms with Crippen molar-refractivity contribution in [3.05, 3.63) is 95.0 Å². The fourth-order valence-corrected chi connectivity index (χ4v) is 2.86. The largest absolute Gasteiger partial charge is 0.479 e. The predicted octanol–water partition coefficient (Wildman–Crippen LogP) is 4.68. The second-order valence-corrected chi connectivity index (χ2v) is 6.80. The number of hydrogen-bond acceptors (Lipinski definition) is 3. The van der Waals surface area contributed by atoms with E-state index in [1.165, 1.54) is 0 Å². The number of ether oxygens (including phenoxy) is 1. The third kappa shape index (κ3) is 5.59. The van der Waals surface area contributed by atoms with Gasteiger partial charge in [-0.15, -0.1) is 0 Å². The summed E-state index contributed by atoms with van der Waals surface area (Å²) in [7, 11) is 0. The second kappa shape index (κ2) is 9.75. The van der Waals surface area contributed by atoms with Crippen molar-refractivity contribution in [1.82, 2.24) is 5.32 Å². The molecule has 0 radical (unpaired) electrons. The van der Waals surface area contributed by atoms with E-state index >= 15 is 0 Å². The van der Waals surface area contributed by atoms with Crippen molar-refractivity contribution in [3.8, 4) is 5.75 Å². The minimum Gasteiger partial charge on any atom is -0.479 e. The molecule has 0 aliphatic rings. The van der Waals surface area contributed by atoms with Crippen molar-refractivity contribution >= 4 is 29.1 Å². The Hall–Kier alpha value is -3.31. The Morgan fingerprint density at radius 2 is 1.59 bits per heavy atom. The maximum atomic E-state index is 12.6. The van der Waals surface area contributed by atoms with Gasteiger partial charge in [-0.2, -0.15) is 0 Å². The molecule has 5 nitrogen and oxygen atoms in total. The Balaban J connectivity index is 1.65. The van der Waals surface area contributed by atoms with E-state index in [-0.39, 0.29) is 11.8 Å². The van der Waals surface area contributed by atoms with Gasteiger partial charge in [0.25, 0.3) is 11.8 Å². The van der Waals surface area contributed by atoms with Crippen LogP contribution >= 0.6 is 11.6 Å². The van der Waals surface area contributed by atoms with Crippen LogP contribution in [0.2, 0.25) is 5.02 Å². The van der Waals surface area contributed by atoms with Gasteiger partial charge in [-0.05, 0) is 36.8 Å². The molecular weight excluding hydrogens is 388 g/mol. The number of hydrogen-bond donors (Lipinski definition) is 2. The van der Waals surface area contributed by atoms with E-state index in [2.05, 4.69) is 10.6 Å². The molecule has 0 heterocycles. The van der Waals surface area contributed by atoms with Gasteiger partial charge in [0.15, 0.2) is 6.10 Å². The second-order valence-electron chi connectivity index (χ2n) is 6.39. The molecule has 3 rings (SSSR count). The molecule has 0 fully saturated rings. The lowest BCUT2D eigenvalue weighted by molar-refractivity contribution is -0.122. The summed E-state index contributed by atoms with van der Waals surface area (Å²) >= 11 is 6.08. The normalized spacial score (nSPS) is 11.4. The predicted molar refractivity (Wildman–Crippen MR) is 114 cm³/mol. The van der Waals surface area contributed by atoms with Gasteiger partial charge < -0.3 is 15.4 Å². The molecule has 0 saturated carbocycles. The average molecular weight is 409 g/mol. The molecule has 0 spiro atoms. The standard InChI is InChI=1S/C23H21ClN2O3/c1-16(29-21-14-8-6-12-19(21)24)22(27)26-20-13-7-5-11-18(20)23(28)25-15-17-9-3-2-4-10-17/h2-14,16H,15H2,1H3,(H,25,28)(H,26,27)/t16-/m0/s1. The Bertz CT molecular complexity index is 992. The third-order valence-corrected chi connectivity index (χ3v) is 4.55. The monoisotopic (exact) mass is 408 g/mol. The molecule has 2 N–H and O–H groups in total. The van der Waals surface area contributed by atoms with Crippen molar-refractivity contribution < 1.29 is 14.3 Å². The summed E-state index contributed by atoms with van der Waals surface area (Å²) < 4.78 is 5.64. The first-order chi connectivity index (χ1) is 14.0.